The van der Waals surface area contributed by atoms with Gasteiger partial charge in [0.1, 0.15) is 5.78 Å². The second-order valence-electron chi connectivity index (χ2n) is 6.52. The lowest BCUT2D eigenvalue weighted by molar-refractivity contribution is -0.123. The molecule has 126 valence electrons. The van der Waals surface area contributed by atoms with Crippen molar-refractivity contribution < 1.29 is 4.79 Å². The van der Waals surface area contributed by atoms with E-state index in [1.807, 2.05) is 12.3 Å². The van der Waals surface area contributed by atoms with Gasteiger partial charge in [-0.15, -0.1) is 0 Å². The van der Waals surface area contributed by atoms with Crippen LogP contribution in [0.3, 0.4) is 0 Å². The van der Waals surface area contributed by atoms with Gasteiger partial charge >= 0.3 is 0 Å². The van der Waals surface area contributed by atoms with Gasteiger partial charge in [0.15, 0.2) is 0 Å². The molecule has 0 saturated carbocycles. The van der Waals surface area contributed by atoms with Gasteiger partial charge in [-0.05, 0) is 36.5 Å². The highest BCUT2D eigenvalue weighted by Gasteiger charge is 2.48. The van der Waals surface area contributed by atoms with Crippen LogP contribution in [-0.4, -0.2) is 16.1 Å². The number of hydrogen-bond acceptors (Lipinski definition) is 2. The fourth-order valence-electron chi connectivity index (χ4n) is 3.89. The summed E-state index contributed by atoms with van der Waals surface area (Å²) in [5, 5.41) is 0.975. The number of carbonyl (C=O) groups is 1. The smallest absolute Gasteiger partial charge is 0.149 e. The van der Waals surface area contributed by atoms with Crippen molar-refractivity contribution in [1.29, 1.82) is 0 Å². The van der Waals surface area contributed by atoms with Crippen molar-refractivity contribution in [3.05, 3.63) is 53.9 Å². The van der Waals surface area contributed by atoms with Crippen molar-refractivity contribution in [2.75, 3.05) is 5.33 Å². The first kappa shape index (κ1) is 17.3. The monoisotopic (exact) mass is 385 g/mol. The number of aromatic nitrogens is 1. The number of hydrogen-bond donors (Lipinski definition) is 0. The zero-order valence-electron chi connectivity index (χ0n) is 14.2. The van der Waals surface area contributed by atoms with Crippen LogP contribution >= 0.6 is 15.9 Å². The first-order chi connectivity index (χ1) is 11.8. The molecule has 0 radical (unpaired) electrons. The number of halogens is 1. The minimum Gasteiger partial charge on any atom is -0.298 e. The Morgan fingerprint density at radius 2 is 1.88 bits per heavy atom. The molecule has 3 rings (SSSR count). The topological polar surface area (TPSA) is 30.0 Å². The van der Waals surface area contributed by atoms with Crippen molar-refractivity contribution in [3.8, 4) is 11.1 Å². The third kappa shape index (κ3) is 2.83. The van der Waals surface area contributed by atoms with Crippen molar-refractivity contribution in [3.63, 3.8) is 0 Å². The molecule has 0 aliphatic heterocycles. The van der Waals surface area contributed by atoms with Crippen LogP contribution in [0.1, 0.15) is 56.7 Å². The van der Waals surface area contributed by atoms with Crippen LogP contribution in [-0.2, 0) is 10.2 Å². The molecule has 1 aromatic heterocycles. The zero-order valence-corrected chi connectivity index (χ0v) is 15.8. The molecule has 2 aromatic rings. The number of alkyl halides is 1. The molecule has 0 bridgehead atoms. The molecule has 2 nitrogen and oxygen atoms in total. The second-order valence-corrected chi connectivity index (χ2v) is 7.32. The number of ketones is 1. The highest BCUT2D eigenvalue weighted by molar-refractivity contribution is 9.09. The molecule has 0 amide bonds. The Labute approximate surface area is 152 Å². The number of unbranched alkanes of at least 4 members (excludes halogenated alkanes) is 2. The third-order valence-electron chi connectivity index (χ3n) is 5.06. The molecule has 0 spiro atoms. The number of fused-ring (bicyclic) bond motifs is 3. The summed E-state index contributed by atoms with van der Waals surface area (Å²) in [7, 11) is 0. The Balaban J connectivity index is 2.14. The SMILES string of the molecule is CCCCC(=O)C1(CCCCBr)c2ccccc2-c2cccnc21. The number of benzene rings is 1. The van der Waals surface area contributed by atoms with E-state index in [0.29, 0.717) is 12.2 Å². The third-order valence-corrected chi connectivity index (χ3v) is 5.62. The number of rotatable bonds is 8. The Morgan fingerprint density at radius 3 is 2.67 bits per heavy atom. The first-order valence-corrected chi connectivity index (χ1v) is 10.0. The number of pyridine rings is 1. The van der Waals surface area contributed by atoms with Gasteiger partial charge in [-0.1, -0.05) is 66.0 Å². The molecule has 3 heteroatoms. The molecule has 0 fully saturated rings. The van der Waals surface area contributed by atoms with E-state index >= 15 is 0 Å². The summed E-state index contributed by atoms with van der Waals surface area (Å²) in [5.74, 6) is 0.337. The molecule has 1 unspecified atom stereocenters. The van der Waals surface area contributed by atoms with E-state index in [9.17, 15) is 4.79 Å². The standard InChI is InChI=1S/C21H24BrNO/c1-2-3-12-19(24)21(13-6-7-14-22)18-11-5-4-9-16(18)17-10-8-15-23-20(17)21/h4-5,8-11,15H,2-3,6-7,12-14H2,1H3. The van der Waals surface area contributed by atoms with Gasteiger partial charge in [-0.25, -0.2) is 0 Å². The molecule has 1 aliphatic carbocycles. The van der Waals surface area contributed by atoms with Crippen molar-refractivity contribution in [2.24, 2.45) is 0 Å². The summed E-state index contributed by atoms with van der Waals surface area (Å²) in [4.78, 5) is 18.1. The van der Waals surface area contributed by atoms with Gasteiger partial charge in [0, 0.05) is 23.5 Å². The van der Waals surface area contributed by atoms with Crippen LogP contribution in [0.2, 0.25) is 0 Å². The van der Waals surface area contributed by atoms with Gasteiger partial charge in [0.2, 0.25) is 0 Å². The molecule has 24 heavy (non-hydrogen) atoms. The second kappa shape index (κ2) is 7.60. The molecule has 1 heterocycles. The normalized spacial score (nSPS) is 18.2. The lowest BCUT2D eigenvalue weighted by Crippen LogP contribution is -2.36. The predicted octanol–water partition coefficient (Wildman–Crippen LogP) is 5.67. The fraction of sp³-hybridized carbons (Fsp3) is 0.429. The van der Waals surface area contributed by atoms with Gasteiger partial charge in [0.05, 0.1) is 11.1 Å². The van der Waals surface area contributed by atoms with E-state index in [1.165, 1.54) is 5.56 Å². The lowest BCUT2D eigenvalue weighted by Gasteiger charge is -2.30. The Morgan fingerprint density at radius 1 is 1.08 bits per heavy atom. The largest absolute Gasteiger partial charge is 0.298 e. The summed E-state index contributed by atoms with van der Waals surface area (Å²) in [6, 6.07) is 12.5. The molecule has 1 aromatic carbocycles. The molecule has 1 aliphatic rings. The Bertz CT molecular complexity index is 680. The van der Waals surface area contributed by atoms with E-state index in [1.54, 1.807) is 0 Å². The highest BCUT2D eigenvalue weighted by Crippen LogP contribution is 2.51. The van der Waals surface area contributed by atoms with Gasteiger partial charge < -0.3 is 0 Å². The van der Waals surface area contributed by atoms with Crippen LogP contribution in [0.15, 0.2) is 42.6 Å². The quantitative estimate of drug-likeness (QED) is 0.432. The average molecular weight is 386 g/mol. The fourth-order valence-corrected chi connectivity index (χ4v) is 4.29. The number of Topliss-reactive ketones (excluding diaryl/α,β-unsaturated/α-hetero) is 1. The maximum atomic E-state index is 13.4. The molecular weight excluding hydrogens is 362 g/mol. The van der Waals surface area contributed by atoms with Crippen LogP contribution in [0.5, 0.6) is 0 Å². The van der Waals surface area contributed by atoms with Crippen LogP contribution < -0.4 is 0 Å². The number of nitrogens with zero attached hydrogens (tertiary/aromatic N) is 1. The van der Waals surface area contributed by atoms with E-state index < -0.39 is 5.41 Å². The minimum absolute atomic E-state index is 0.337. The minimum atomic E-state index is -0.551. The lowest BCUT2D eigenvalue weighted by atomic mass is 9.71. The Kier molecular flexibility index (Phi) is 5.50. The van der Waals surface area contributed by atoms with Crippen molar-refractivity contribution >= 4 is 21.7 Å². The van der Waals surface area contributed by atoms with Crippen LogP contribution in [0, 0.1) is 0 Å². The summed E-state index contributed by atoms with van der Waals surface area (Å²) in [6.07, 6.45) is 7.40. The maximum Gasteiger partial charge on any atom is 0.149 e. The van der Waals surface area contributed by atoms with Gasteiger partial charge in [0.25, 0.3) is 0 Å². The van der Waals surface area contributed by atoms with Crippen LogP contribution in [0.25, 0.3) is 11.1 Å². The van der Waals surface area contributed by atoms with E-state index in [2.05, 4.69) is 53.2 Å². The summed E-state index contributed by atoms with van der Waals surface area (Å²) < 4.78 is 0. The van der Waals surface area contributed by atoms with Crippen molar-refractivity contribution in [2.45, 2.75) is 50.9 Å². The van der Waals surface area contributed by atoms with E-state index in [-0.39, 0.29) is 0 Å². The summed E-state index contributed by atoms with van der Waals surface area (Å²) >= 11 is 3.52. The van der Waals surface area contributed by atoms with Gasteiger partial charge in [-0.2, -0.15) is 0 Å². The van der Waals surface area contributed by atoms with E-state index in [0.717, 1.165) is 54.3 Å². The van der Waals surface area contributed by atoms with Gasteiger partial charge in [-0.3, -0.25) is 9.78 Å². The average Bonchev–Trinajstić information content (AvgIpc) is 2.92. The first-order valence-electron chi connectivity index (χ1n) is 8.90. The number of carbonyl (C=O) groups excluding carboxylic acids is 1. The summed E-state index contributed by atoms with van der Waals surface area (Å²) in [5.41, 5.74) is 3.90. The highest BCUT2D eigenvalue weighted by atomic mass is 79.9. The molecule has 1 atom stereocenters. The molecule has 0 N–H and O–H groups in total. The maximum absolute atomic E-state index is 13.4. The predicted molar refractivity (Wildman–Crippen MR) is 103 cm³/mol. The van der Waals surface area contributed by atoms with Crippen molar-refractivity contribution in [1.82, 2.24) is 4.98 Å². The van der Waals surface area contributed by atoms with E-state index in [4.69, 9.17) is 4.98 Å². The Hall–Kier alpha value is -1.48. The zero-order chi connectivity index (χ0) is 17.0. The molecule has 0 saturated heterocycles. The molecular formula is C21H24BrNO. The summed E-state index contributed by atoms with van der Waals surface area (Å²) in [6.45, 7) is 2.14. The van der Waals surface area contributed by atoms with Crippen LogP contribution in [0.4, 0.5) is 0 Å².